The Bertz CT molecular complexity index is 825. The quantitative estimate of drug-likeness (QED) is 0.680. The van der Waals surface area contributed by atoms with Gasteiger partial charge in [-0.2, -0.15) is 4.98 Å². The Morgan fingerprint density at radius 1 is 1.08 bits per heavy atom. The van der Waals surface area contributed by atoms with Crippen LogP contribution in [0.3, 0.4) is 0 Å². The number of benzene rings is 1. The van der Waals surface area contributed by atoms with E-state index in [1.165, 1.54) is 18.4 Å². The molecule has 0 aliphatic carbocycles. The topological polar surface area (TPSA) is 58.3 Å². The Morgan fingerprint density at radius 2 is 1.88 bits per heavy atom. The molecule has 0 N–H and O–H groups in total. The lowest BCUT2D eigenvalue weighted by Crippen LogP contribution is -2.18. The van der Waals surface area contributed by atoms with E-state index in [1.807, 2.05) is 25.2 Å². The molecule has 1 saturated heterocycles. The predicted molar refractivity (Wildman–Crippen MR) is 101 cm³/mol. The number of aromatic nitrogens is 3. The van der Waals surface area contributed by atoms with Crippen molar-refractivity contribution in [1.82, 2.24) is 20.0 Å². The summed E-state index contributed by atoms with van der Waals surface area (Å²) in [5.74, 6) is 2.19. The number of hydrogen-bond donors (Lipinski definition) is 0. The molecule has 0 radical (unpaired) electrons. The second-order valence-corrected chi connectivity index (χ2v) is 6.74. The maximum atomic E-state index is 5.40. The van der Waals surface area contributed by atoms with Crippen molar-refractivity contribution in [1.29, 1.82) is 0 Å². The average Bonchev–Trinajstić information content (AvgIpc) is 3.35. The molecule has 2 aromatic heterocycles. The highest BCUT2D eigenvalue weighted by Crippen LogP contribution is 2.20. The third-order valence-corrected chi connectivity index (χ3v) is 4.69. The van der Waals surface area contributed by atoms with Crippen LogP contribution in [-0.2, 0) is 13.1 Å². The van der Waals surface area contributed by atoms with Gasteiger partial charge in [-0.05, 0) is 43.6 Å². The van der Waals surface area contributed by atoms with E-state index < -0.39 is 0 Å². The van der Waals surface area contributed by atoms with E-state index in [0.29, 0.717) is 11.7 Å². The molecule has 1 aliphatic heterocycles. The highest BCUT2D eigenvalue weighted by atomic mass is 16.5. The molecule has 0 amide bonds. The van der Waals surface area contributed by atoms with Crippen LogP contribution >= 0.6 is 0 Å². The van der Waals surface area contributed by atoms with E-state index in [9.17, 15) is 0 Å². The normalized spacial score (nSPS) is 14.7. The molecule has 1 aliphatic rings. The highest BCUT2D eigenvalue weighted by Gasteiger charge is 2.16. The molecule has 6 nitrogen and oxygen atoms in total. The van der Waals surface area contributed by atoms with Gasteiger partial charge in [0.25, 0.3) is 0 Å². The van der Waals surface area contributed by atoms with Gasteiger partial charge in [-0.3, -0.25) is 4.90 Å². The molecule has 134 valence electrons. The number of anilines is 1. The van der Waals surface area contributed by atoms with Crippen LogP contribution in [0.4, 0.5) is 5.82 Å². The summed E-state index contributed by atoms with van der Waals surface area (Å²) in [5.41, 5.74) is 2.13. The van der Waals surface area contributed by atoms with Crippen molar-refractivity contribution >= 4 is 5.82 Å². The molecule has 26 heavy (non-hydrogen) atoms. The Labute approximate surface area is 153 Å². The second-order valence-electron chi connectivity index (χ2n) is 6.74. The van der Waals surface area contributed by atoms with Gasteiger partial charge in [-0.15, -0.1) is 0 Å². The number of hydrogen-bond acceptors (Lipinski definition) is 6. The smallest absolute Gasteiger partial charge is 0.241 e. The first-order chi connectivity index (χ1) is 12.8. The molecule has 1 fully saturated rings. The second kappa shape index (κ2) is 7.66. The molecule has 0 bridgehead atoms. The van der Waals surface area contributed by atoms with Gasteiger partial charge in [0, 0.05) is 25.4 Å². The number of pyridine rings is 1. The van der Waals surface area contributed by atoms with Gasteiger partial charge in [-0.1, -0.05) is 35.5 Å². The molecule has 0 saturated carbocycles. The monoisotopic (exact) mass is 349 g/mol. The Balaban J connectivity index is 1.41. The molecule has 0 unspecified atom stereocenters. The summed E-state index contributed by atoms with van der Waals surface area (Å²) in [6, 6.07) is 14.4. The van der Waals surface area contributed by atoms with Crippen LogP contribution in [0, 0.1) is 0 Å². The van der Waals surface area contributed by atoms with E-state index in [-0.39, 0.29) is 0 Å². The number of rotatable bonds is 6. The first-order valence-electron chi connectivity index (χ1n) is 9.04. The Hall–Kier alpha value is -2.73. The molecule has 0 spiro atoms. The number of nitrogens with zero attached hydrogens (tertiary/aromatic N) is 5. The van der Waals surface area contributed by atoms with Crippen molar-refractivity contribution < 1.29 is 4.52 Å². The SMILES string of the molecule is CN(Cc1ccccc1)c1ccc(-c2noc(CN3CCCC3)n2)cn1. The summed E-state index contributed by atoms with van der Waals surface area (Å²) < 4.78 is 5.40. The Kier molecular flexibility index (Phi) is 4.93. The predicted octanol–water partition coefficient (Wildman–Crippen LogP) is 3.36. The molecule has 3 aromatic rings. The summed E-state index contributed by atoms with van der Waals surface area (Å²) in [6.07, 6.45) is 4.31. The summed E-state index contributed by atoms with van der Waals surface area (Å²) in [6.45, 7) is 3.77. The molecule has 6 heteroatoms. The summed E-state index contributed by atoms with van der Waals surface area (Å²) >= 11 is 0. The fourth-order valence-electron chi connectivity index (χ4n) is 3.25. The maximum Gasteiger partial charge on any atom is 0.241 e. The highest BCUT2D eigenvalue weighted by molar-refractivity contribution is 5.55. The van der Waals surface area contributed by atoms with Crippen molar-refractivity contribution in [3.05, 3.63) is 60.1 Å². The first-order valence-corrected chi connectivity index (χ1v) is 9.04. The Morgan fingerprint density at radius 3 is 2.62 bits per heavy atom. The lowest BCUT2D eigenvalue weighted by molar-refractivity contribution is 0.268. The van der Waals surface area contributed by atoms with E-state index in [2.05, 4.69) is 49.2 Å². The maximum absolute atomic E-state index is 5.40. The summed E-state index contributed by atoms with van der Waals surface area (Å²) in [5, 5.41) is 4.10. The van der Waals surface area contributed by atoms with Crippen LogP contribution in [0.15, 0.2) is 53.2 Å². The van der Waals surface area contributed by atoms with Crippen LogP contribution in [0.1, 0.15) is 24.3 Å². The molecule has 3 heterocycles. The van der Waals surface area contributed by atoms with Crippen LogP contribution in [-0.4, -0.2) is 40.2 Å². The van der Waals surface area contributed by atoms with Crippen molar-refractivity contribution in [2.45, 2.75) is 25.9 Å². The van der Waals surface area contributed by atoms with Crippen molar-refractivity contribution in [3.8, 4) is 11.4 Å². The van der Waals surface area contributed by atoms with Crippen molar-refractivity contribution in [3.63, 3.8) is 0 Å². The van der Waals surface area contributed by atoms with Crippen molar-refractivity contribution in [2.24, 2.45) is 0 Å². The van der Waals surface area contributed by atoms with E-state index in [4.69, 9.17) is 4.52 Å². The molecule has 0 atom stereocenters. The fraction of sp³-hybridized carbons (Fsp3) is 0.350. The van der Waals surface area contributed by atoms with Crippen LogP contribution < -0.4 is 4.90 Å². The minimum Gasteiger partial charge on any atom is -0.355 e. The minimum atomic E-state index is 0.601. The van der Waals surface area contributed by atoms with E-state index in [0.717, 1.165) is 37.6 Å². The third kappa shape index (κ3) is 3.91. The number of likely N-dealkylation sites (tertiary alicyclic amines) is 1. The van der Waals surface area contributed by atoms with Crippen molar-refractivity contribution in [2.75, 3.05) is 25.0 Å². The average molecular weight is 349 g/mol. The van der Waals surface area contributed by atoms with Gasteiger partial charge < -0.3 is 9.42 Å². The molecule has 4 rings (SSSR count). The zero-order chi connectivity index (χ0) is 17.8. The summed E-state index contributed by atoms with van der Waals surface area (Å²) in [7, 11) is 2.04. The van der Waals surface area contributed by atoms with Gasteiger partial charge in [0.1, 0.15) is 5.82 Å². The summed E-state index contributed by atoms with van der Waals surface area (Å²) in [4.78, 5) is 13.5. The van der Waals surface area contributed by atoms with E-state index >= 15 is 0 Å². The third-order valence-electron chi connectivity index (χ3n) is 4.69. The van der Waals surface area contributed by atoms with Gasteiger partial charge in [0.15, 0.2) is 0 Å². The lowest BCUT2D eigenvalue weighted by atomic mass is 10.2. The van der Waals surface area contributed by atoms with Gasteiger partial charge in [-0.25, -0.2) is 4.98 Å². The molecular formula is C20H23N5O. The molecular weight excluding hydrogens is 326 g/mol. The van der Waals surface area contributed by atoms with Crippen LogP contribution in [0.2, 0.25) is 0 Å². The van der Waals surface area contributed by atoms with Crippen LogP contribution in [0.25, 0.3) is 11.4 Å². The minimum absolute atomic E-state index is 0.601. The molecule has 1 aromatic carbocycles. The first kappa shape index (κ1) is 16.7. The lowest BCUT2D eigenvalue weighted by Gasteiger charge is -2.18. The van der Waals surface area contributed by atoms with E-state index in [1.54, 1.807) is 6.20 Å². The largest absolute Gasteiger partial charge is 0.355 e. The fourth-order valence-corrected chi connectivity index (χ4v) is 3.25. The standard InChI is InChI=1S/C20H23N5O/c1-24(14-16-7-3-2-4-8-16)18-10-9-17(13-21-18)20-22-19(26-23-20)15-25-11-5-6-12-25/h2-4,7-10,13H,5-6,11-12,14-15H2,1H3. The van der Waals surface area contributed by atoms with Gasteiger partial charge in [0.05, 0.1) is 6.54 Å². The van der Waals surface area contributed by atoms with Crippen LogP contribution in [0.5, 0.6) is 0 Å². The van der Waals surface area contributed by atoms with Gasteiger partial charge >= 0.3 is 0 Å². The van der Waals surface area contributed by atoms with Gasteiger partial charge in [0.2, 0.25) is 11.7 Å². The zero-order valence-electron chi connectivity index (χ0n) is 15.0. The zero-order valence-corrected chi connectivity index (χ0v) is 15.0.